The van der Waals surface area contributed by atoms with Crippen LogP contribution in [-0.4, -0.2) is 36.4 Å². The number of unbranched alkanes of at least 4 members (excludes halogenated alkanes) is 12. The molecule has 0 aromatic rings. The standard InChI is InChI=1S/C38H64O5/c1-3-5-7-9-11-13-15-17-19-21-23-25-27-29-31-33-38(41)43-36(34-39)35-42-37(40)32-30-28-26-24-22-20-18-16-14-12-10-8-6-4-2/h5,7,11,13,16-19,23,25,36,39H,3-4,6,8-10,12,14-15,20-22,24,26-35H2,1-2H3/b7-5-,13-11-,18-16-,19-17-,25-23-. The zero-order valence-corrected chi connectivity index (χ0v) is 27.7. The first-order valence-electron chi connectivity index (χ1n) is 17.3. The number of carbonyl (C=O) groups is 2. The summed E-state index contributed by atoms with van der Waals surface area (Å²) in [5, 5.41) is 9.51. The van der Waals surface area contributed by atoms with Crippen molar-refractivity contribution in [3.05, 3.63) is 60.8 Å². The normalized spacial score (nSPS) is 12.9. The van der Waals surface area contributed by atoms with Gasteiger partial charge in [-0.1, -0.05) is 120 Å². The first-order valence-corrected chi connectivity index (χ1v) is 17.3. The second-order valence-corrected chi connectivity index (χ2v) is 11.2. The van der Waals surface area contributed by atoms with Crippen molar-refractivity contribution < 1.29 is 24.2 Å². The van der Waals surface area contributed by atoms with Crippen molar-refractivity contribution in [3.63, 3.8) is 0 Å². The van der Waals surface area contributed by atoms with Crippen molar-refractivity contribution in [1.82, 2.24) is 0 Å². The molecule has 0 bridgehead atoms. The van der Waals surface area contributed by atoms with Crippen LogP contribution in [0, 0.1) is 0 Å². The summed E-state index contributed by atoms with van der Waals surface area (Å²) in [4.78, 5) is 24.1. The summed E-state index contributed by atoms with van der Waals surface area (Å²) in [5.41, 5.74) is 0. The molecule has 0 aliphatic carbocycles. The first kappa shape index (κ1) is 40.6. The molecule has 0 saturated carbocycles. The van der Waals surface area contributed by atoms with Crippen molar-refractivity contribution in [2.75, 3.05) is 13.2 Å². The summed E-state index contributed by atoms with van der Waals surface area (Å²) in [5.74, 6) is -0.656. The molecule has 246 valence electrons. The number of hydrogen-bond acceptors (Lipinski definition) is 5. The van der Waals surface area contributed by atoms with E-state index in [0.29, 0.717) is 12.8 Å². The van der Waals surface area contributed by atoms with Gasteiger partial charge in [0.05, 0.1) is 6.61 Å². The van der Waals surface area contributed by atoms with Gasteiger partial charge >= 0.3 is 11.9 Å². The minimum Gasteiger partial charge on any atom is -0.462 e. The fourth-order valence-electron chi connectivity index (χ4n) is 4.42. The van der Waals surface area contributed by atoms with Gasteiger partial charge in [-0.15, -0.1) is 0 Å². The summed E-state index contributed by atoms with van der Waals surface area (Å²) in [6.45, 7) is 3.95. The highest BCUT2D eigenvalue weighted by Gasteiger charge is 2.16. The Kier molecular flexibility index (Phi) is 32.2. The third-order valence-electron chi connectivity index (χ3n) is 7.05. The number of ether oxygens (including phenoxy) is 2. The van der Waals surface area contributed by atoms with Crippen LogP contribution in [0.3, 0.4) is 0 Å². The number of carbonyl (C=O) groups excluding carboxylic acids is 2. The molecule has 0 saturated heterocycles. The molecular weight excluding hydrogens is 536 g/mol. The van der Waals surface area contributed by atoms with E-state index in [1.54, 1.807) is 0 Å². The second kappa shape index (κ2) is 34.1. The van der Waals surface area contributed by atoms with Gasteiger partial charge in [0.1, 0.15) is 6.61 Å². The molecule has 0 aromatic heterocycles. The molecule has 0 aliphatic heterocycles. The zero-order valence-electron chi connectivity index (χ0n) is 27.7. The van der Waals surface area contributed by atoms with Gasteiger partial charge < -0.3 is 14.6 Å². The summed E-state index contributed by atoms with van der Waals surface area (Å²) in [6, 6.07) is 0. The molecule has 0 radical (unpaired) electrons. The fourth-order valence-corrected chi connectivity index (χ4v) is 4.42. The highest BCUT2D eigenvalue weighted by atomic mass is 16.6. The SMILES string of the molecule is CC/C=C\C/C=C\C/C=C\C/C=C\CCCCC(=O)OC(CO)COC(=O)CCCCCCC/C=C\CCCCCCC. The minimum absolute atomic E-state index is 0.0893. The van der Waals surface area contributed by atoms with E-state index in [2.05, 4.69) is 74.6 Å². The number of aliphatic hydroxyl groups is 1. The highest BCUT2D eigenvalue weighted by Crippen LogP contribution is 2.10. The maximum Gasteiger partial charge on any atom is 0.306 e. The monoisotopic (exact) mass is 600 g/mol. The fraction of sp³-hybridized carbons (Fsp3) is 0.684. The molecule has 0 amide bonds. The van der Waals surface area contributed by atoms with Gasteiger partial charge in [0, 0.05) is 12.8 Å². The van der Waals surface area contributed by atoms with Crippen molar-refractivity contribution in [3.8, 4) is 0 Å². The van der Waals surface area contributed by atoms with E-state index in [-0.39, 0.29) is 25.2 Å². The van der Waals surface area contributed by atoms with Crippen molar-refractivity contribution in [2.24, 2.45) is 0 Å². The lowest BCUT2D eigenvalue weighted by Gasteiger charge is -2.15. The number of rotatable bonds is 30. The summed E-state index contributed by atoms with van der Waals surface area (Å²) >= 11 is 0. The maximum absolute atomic E-state index is 12.1. The molecule has 1 N–H and O–H groups in total. The average molecular weight is 601 g/mol. The molecule has 0 spiro atoms. The molecule has 0 aliphatic rings. The van der Waals surface area contributed by atoms with E-state index < -0.39 is 6.10 Å². The lowest BCUT2D eigenvalue weighted by molar-refractivity contribution is -0.161. The lowest BCUT2D eigenvalue weighted by atomic mass is 10.1. The van der Waals surface area contributed by atoms with E-state index in [9.17, 15) is 14.7 Å². The number of aliphatic hydroxyl groups excluding tert-OH is 1. The Morgan fingerprint density at radius 3 is 1.58 bits per heavy atom. The third kappa shape index (κ3) is 32.4. The molecule has 0 aromatic carbocycles. The Balaban J connectivity index is 3.69. The Morgan fingerprint density at radius 1 is 0.558 bits per heavy atom. The molecule has 0 heterocycles. The number of hydrogen-bond donors (Lipinski definition) is 1. The quantitative estimate of drug-likeness (QED) is 0.0504. The largest absolute Gasteiger partial charge is 0.462 e. The van der Waals surface area contributed by atoms with E-state index in [1.165, 1.54) is 51.4 Å². The van der Waals surface area contributed by atoms with Gasteiger partial charge in [-0.3, -0.25) is 9.59 Å². The second-order valence-electron chi connectivity index (χ2n) is 11.2. The van der Waals surface area contributed by atoms with Crippen LogP contribution in [0.5, 0.6) is 0 Å². The molecule has 5 heteroatoms. The van der Waals surface area contributed by atoms with E-state index >= 15 is 0 Å². The van der Waals surface area contributed by atoms with Crippen molar-refractivity contribution in [1.29, 1.82) is 0 Å². The van der Waals surface area contributed by atoms with E-state index in [1.807, 2.05) is 0 Å². The first-order chi connectivity index (χ1) is 21.1. The lowest BCUT2D eigenvalue weighted by Crippen LogP contribution is -2.28. The van der Waals surface area contributed by atoms with Gasteiger partial charge in [0.25, 0.3) is 0 Å². The van der Waals surface area contributed by atoms with Crippen LogP contribution in [0.4, 0.5) is 0 Å². The van der Waals surface area contributed by atoms with E-state index in [4.69, 9.17) is 9.47 Å². The van der Waals surface area contributed by atoms with Gasteiger partial charge in [-0.05, 0) is 77.0 Å². The smallest absolute Gasteiger partial charge is 0.306 e. The Morgan fingerprint density at radius 2 is 1.00 bits per heavy atom. The molecule has 43 heavy (non-hydrogen) atoms. The van der Waals surface area contributed by atoms with Crippen LogP contribution >= 0.6 is 0 Å². The Labute approximate surface area is 264 Å². The Hall–Kier alpha value is -2.40. The zero-order chi connectivity index (χ0) is 31.5. The van der Waals surface area contributed by atoms with Gasteiger partial charge in [-0.25, -0.2) is 0 Å². The average Bonchev–Trinajstić information content (AvgIpc) is 3.01. The van der Waals surface area contributed by atoms with Crippen LogP contribution < -0.4 is 0 Å². The molecule has 0 fully saturated rings. The Bertz CT molecular complexity index is 777. The van der Waals surface area contributed by atoms with Crippen LogP contribution in [0.2, 0.25) is 0 Å². The van der Waals surface area contributed by atoms with E-state index in [0.717, 1.165) is 70.6 Å². The summed E-state index contributed by atoms with van der Waals surface area (Å²) in [7, 11) is 0. The van der Waals surface area contributed by atoms with Gasteiger partial charge in [0.15, 0.2) is 6.10 Å². The molecule has 0 rings (SSSR count). The number of allylic oxidation sites excluding steroid dienone is 10. The van der Waals surface area contributed by atoms with Crippen LogP contribution in [0.25, 0.3) is 0 Å². The maximum atomic E-state index is 12.1. The van der Waals surface area contributed by atoms with Gasteiger partial charge in [0.2, 0.25) is 0 Å². The summed E-state index contributed by atoms with van der Waals surface area (Å²) in [6.07, 6.45) is 42.7. The topological polar surface area (TPSA) is 72.8 Å². The predicted octanol–water partition coefficient (Wildman–Crippen LogP) is 10.4. The number of esters is 2. The van der Waals surface area contributed by atoms with Crippen LogP contribution in [0.15, 0.2) is 60.8 Å². The van der Waals surface area contributed by atoms with Crippen molar-refractivity contribution in [2.45, 2.75) is 155 Å². The highest BCUT2D eigenvalue weighted by molar-refractivity contribution is 5.70. The van der Waals surface area contributed by atoms with Gasteiger partial charge in [-0.2, -0.15) is 0 Å². The third-order valence-corrected chi connectivity index (χ3v) is 7.05. The summed E-state index contributed by atoms with van der Waals surface area (Å²) < 4.78 is 10.5. The van der Waals surface area contributed by atoms with Crippen LogP contribution in [-0.2, 0) is 19.1 Å². The molecular formula is C38H64O5. The minimum atomic E-state index is -0.796. The molecule has 1 atom stereocenters. The van der Waals surface area contributed by atoms with Crippen molar-refractivity contribution >= 4 is 11.9 Å². The molecule has 5 nitrogen and oxygen atoms in total. The van der Waals surface area contributed by atoms with Crippen LogP contribution in [0.1, 0.15) is 149 Å². The molecule has 1 unspecified atom stereocenters. The predicted molar refractivity (Wildman–Crippen MR) is 182 cm³/mol.